The number of carbonyl (C=O) groups excluding carboxylic acids is 2. The molecule has 0 aromatic heterocycles. The van der Waals surface area contributed by atoms with Gasteiger partial charge in [-0.15, -0.1) is 0 Å². The number of para-hydroxylation sites is 1. The van der Waals surface area contributed by atoms with Crippen LogP contribution in [0.4, 0.5) is 0 Å². The fraction of sp³-hybridized carbons (Fsp3) is 0.226. The minimum atomic E-state index is -0.628. The second kappa shape index (κ2) is 15.0. The van der Waals surface area contributed by atoms with E-state index >= 15 is 0 Å². The third-order valence-electron chi connectivity index (χ3n) is 6.28. The fourth-order valence-electron chi connectivity index (χ4n) is 4.24. The van der Waals surface area contributed by atoms with E-state index in [4.69, 9.17) is 38.0 Å². The molecule has 0 bridgehead atoms. The Bertz CT molecular complexity index is 1560. The Balaban J connectivity index is 1.37. The average molecular weight is 686 g/mol. The molecule has 9 nitrogen and oxygen atoms in total. The molecule has 224 valence electrons. The van der Waals surface area contributed by atoms with Gasteiger partial charge in [0.1, 0.15) is 12.4 Å². The molecule has 0 fully saturated rings. The summed E-state index contributed by atoms with van der Waals surface area (Å²) < 4.78 is 17.6. The number of hydrogen-bond acceptors (Lipinski definition) is 7. The highest BCUT2D eigenvalue weighted by Crippen LogP contribution is 2.35. The van der Waals surface area contributed by atoms with Gasteiger partial charge in [0.05, 0.1) is 33.9 Å². The van der Waals surface area contributed by atoms with E-state index in [0.717, 1.165) is 5.56 Å². The van der Waals surface area contributed by atoms with Gasteiger partial charge in [-0.3, -0.25) is 4.79 Å². The summed E-state index contributed by atoms with van der Waals surface area (Å²) >= 11 is 15.3. The molecule has 1 heterocycles. The van der Waals surface area contributed by atoms with Crippen LogP contribution >= 0.6 is 39.7 Å². The normalized spacial score (nSPS) is 14.6. The van der Waals surface area contributed by atoms with Crippen molar-refractivity contribution in [3.05, 3.63) is 104 Å². The van der Waals surface area contributed by atoms with Gasteiger partial charge in [0.15, 0.2) is 17.5 Å². The van der Waals surface area contributed by atoms with Gasteiger partial charge in [-0.1, -0.05) is 59.6 Å². The Morgan fingerprint density at radius 3 is 2.58 bits per heavy atom. The lowest BCUT2D eigenvalue weighted by Crippen LogP contribution is -2.45. The molecule has 3 aromatic rings. The van der Waals surface area contributed by atoms with Crippen molar-refractivity contribution in [1.82, 2.24) is 16.1 Å². The van der Waals surface area contributed by atoms with Crippen molar-refractivity contribution >= 4 is 63.0 Å². The molecule has 1 aliphatic heterocycles. The lowest BCUT2D eigenvalue weighted by Gasteiger charge is -2.30. The molecular formula is C31H30BrClN4O5S. The van der Waals surface area contributed by atoms with Gasteiger partial charge < -0.3 is 24.8 Å². The standard InChI is InChI=1S/C31H30BrClN4O5S/c1-4-40-30(39)27-19(3)35-31(43)36-28(27)22-7-5-6-8-25(22)41-17-26(38)37-34-15-21-13-23(32)29(24(33)14-21)42-16-20-11-9-18(2)10-12-20/h5-15,28H,4,16-17H2,1-3H3,(H,37,38)(H2,35,36,43)/t28-/m0/s1. The Hall–Kier alpha value is -3.93. The van der Waals surface area contributed by atoms with Gasteiger partial charge in [0.25, 0.3) is 5.91 Å². The van der Waals surface area contributed by atoms with Crippen molar-refractivity contribution in [2.75, 3.05) is 13.2 Å². The summed E-state index contributed by atoms with van der Waals surface area (Å²) in [5.41, 5.74) is 6.86. The van der Waals surface area contributed by atoms with Crippen LogP contribution in [0.15, 0.2) is 81.5 Å². The number of allylic oxidation sites excluding steroid dienone is 1. The zero-order valence-electron chi connectivity index (χ0n) is 23.7. The van der Waals surface area contributed by atoms with Gasteiger partial charge in [-0.2, -0.15) is 5.10 Å². The van der Waals surface area contributed by atoms with Crippen molar-refractivity contribution in [2.45, 2.75) is 33.4 Å². The minimum Gasteiger partial charge on any atom is -0.486 e. The SMILES string of the molecule is CCOC(=O)C1=C(C)NC(=S)N[C@H]1c1ccccc1OCC(=O)NN=Cc1cc(Cl)c(OCc2ccc(C)cc2)c(Br)c1. The van der Waals surface area contributed by atoms with Gasteiger partial charge in [-0.05, 0) is 78.2 Å². The number of carbonyl (C=O) groups is 2. The topological polar surface area (TPSA) is 110 Å². The first-order valence-corrected chi connectivity index (χ1v) is 14.9. The second-order valence-electron chi connectivity index (χ2n) is 9.50. The van der Waals surface area contributed by atoms with E-state index in [0.29, 0.717) is 55.1 Å². The smallest absolute Gasteiger partial charge is 0.338 e. The van der Waals surface area contributed by atoms with Crippen LogP contribution in [0.5, 0.6) is 11.5 Å². The number of nitrogens with zero attached hydrogens (tertiary/aromatic N) is 1. The van der Waals surface area contributed by atoms with E-state index in [1.165, 1.54) is 11.8 Å². The maximum absolute atomic E-state index is 12.7. The highest BCUT2D eigenvalue weighted by molar-refractivity contribution is 9.10. The summed E-state index contributed by atoms with van der Waals surface area (Å²) in [6.45, 7) is 5.78. The molecule has 1 aliphatic rings. The molecule has 0 aliphatic carbocycles. The first kappa shape index (κ1) is 32.0. The number of hydrogen-bond donors (Lipinski definition) is 3. The molecule has 3 aromatic carbocycles. The molecule has 0 radical (unpaired) electrons. The summed E-state index contributed by atoms with van der Waals surface area (Å²) in [5, 5.41) is 10.8. The summed E-state index contributed by atoms with van der Waals surface area (Å²) in [6, 6.07) is 18.0. The van der Waals surface area contributed by atoms with Crippen molar-refractivity contribution in [3.8, 4) is 11.5 Å². The summed E-state index contributed by atoms with van der Waals surface area (Å²) in [6.07, 6.45) is 1.46. The molecule has 0 spiro atoms. The van der Waals surface area contributed by atoms with Crippen molar-refractivity contribution in [3.63, 3.8) is 0 Å². The van der Waals surface area contributed by atoms with Crippen LogP contribution in [0, 0.1) is 6.92 Å². The van der Waals surface area contributed by atoms with Crippen LogP contribution in [0.3, 0.4) is 0 Å². The number of ether oxygens (including phenoxy) is 3. The zero-order chi connectivity index (χ0) is 30.9. The first-order chi connectivity index (χ1) is 20.7. The van der Waals surface area contributed by atoms with Crippen LogP contribution in [0.25, 0.3) is 0 Å². The van der Waals surface area contributed by atoms with E-state index in [1.807, 2.05) is 31.2 Å². The number of rotatable bonds is 11. The van der Waals surface area contributed by atoms with E-state index < -0.39 is 17.9 Å². The molecule has 0 unspecified atom stereocenters. The second-order valence-corrected chi connectivity index (χ2v) is 11.2. The summed E-state index contributed by atoms with van der Waals surface area (Å²) in [7, 11) is 0. The number of aryl methyl sites for hydroxylation is 1. The number of thiocarbonyl (C=S) groups is 1. The highest BCUT2D eigenvalue weighted by atomic mass is 79.9. The van der Waals surface area contributed by atoms with Gasteiger partial charge in [-0.25, -0.2) is 10.2 Å². The van der Waals surface area contributed by atoms with E-state index in [1.54, 1.807) is 50.2 Å². The third-order valence-corrected chi connectivity index (χ3v) is 7.37. The number of nitrogens with one attached hydrogen (secondary N) is 3. The Labute approximate surface area is 268 Å². The predicted molar refractivity (Wildman–Crippen MR) is 173 cm³/mol. The minimum absolute atomic E-state index is 0.223. The number of benzene rings is 3. The number of esters is 1. The molecule has 4 rings (SSSR count). The highest BCUT2D eigenvalue weighted by Gasteiger charge is 2.32. The van der Waals surface area contributed by atoms with E-state index in [-0.39, 0.29) is 13.2 Å². The molecule has 12 heteroatoms. The zero-order valence-corrected chi connectivity index (χ0v) is 26.9. The van der Waals surface area contributed by atoms with E-state index in [2.05, 4.69) is 37.1 Å². The average Bonchev–Trinajstić information content (AvgIpc) is 2.96. The third kappa shape index (κ3) is 8.56. The fourth-order valence-corrected chi connectivity index (χ4v) is 5.50. The molecule has 1 atom stereocenters. The Morgan fingerprint density at radius 1 is 1.12 bits per heavy atom. The Morgan fingerprint density at radius 2 is 1.86 bits per heavy atom. The van der Waals surface area contributed by atoms with Crippen molar-refractivity contribution < 1.29 is 23.8 Å². The first-order valence-electron chi connectivity index (χ1n) is 13.3. The predicted octanol–water partition coefficient (Wildman–Crippen LogP) is 5.87. The van der Waals surface area contributed by atoms with Gasteiger partial charge in [0.2, 0.25) is 0 Å². The van der Waals surface area contributed by atoms with Crippen LogP contribution in [0.1, 0.15) is 42.1 Å². The van der Waals surface area contributed by atoms with Crippen molar-refractivity contribution in [2.24, 2.45) is 5.10 Å². The molecule has 1 amide bonds. The monoisotopic (exact) mass is 684 g/mol. The van der Waals surface area contributed by atoms with Crippen molar-refractivity contribution in [1.29, 1.82) is 0 Å². The van der Waals surface area contributed by atoms with Gasteiger partial charge >= 0.3 is 5.97 Å². The number of halogens is 2. The lowest BCUT2D eigenvalue weighted by atomic mass is 9.95. The maximum atomic E-state index is 12.7. The number of hydrazone groups is 1. The molecule has 0 saturated carbocycles. The largest absolute Gasteiger partial charge is 0.486 e. The van der Waals surface area contributed by atoms with Crippen LogP contribution < -0.4 is 25.5 Å². The summed E-state index contributed by atoms with van der Waals surface area (Å²) in [5.74, 6) is -0.0570. The maximum Gasteiger partial charge on any atom is 0.338 e. The Kier molecular flexibility index (Phi) is 11.2. The summed E-state index contributed by atoms with van der Waals surface area (Å²) in [4.78, 5) is 25.3. The quantitative estimate of drug-likeness (QED) is 0.0995. The lowest BCUT2D eigenvalue weighted by molar-refractivity contribution is -0.139. The van der Waals surface area contributed by atoms with Gasteiger partial charge in [0, 0.05) is 11.3 Å². The van der Waals surface area contributed by atoms with Crippen LogP contribution in [-0.4, -0.2) is 36.4 Å². The molecule has 0 saturated heterocycles. The molecule has 3 N–H and O–H groups in total. The molecular weight excluding hydrogens is 656 g/mol. The van der Waals surface area contributed by atoms with Crippen LogP contribution in [0.2, 0.25) is 5.02 Å². The van der Waals surface area contributed by atoms with Crippen LogP contribution in [-0.2, 0) is 20.9 Å². The molecule has 43 heavy (non-hydrogen) atoms. The number of amides is 1. The van der Waals surface area contributed by atoms with E-state index in [9.17, 15) is 9.59 Å².